The van der Waals surface area contributed by atoms with E-state index in [1.165, 1.54) is 0 Å². The van der Waals surface area contributed by atoms with Crippen LogP contribution in [0, 0.1) is 13.8 Å². The molecule has 0 saturated heterocycles. The van der Waals surface area contributed by atoms with Crippen molar-refractivity contribution >= 4 is 16.8 Å². The van der Waals surface area contributed by atoms with Gasteiger partial charge in [-0.2, -0.15) is 0 Å². The maximum absolute atomic E-state index is 11.4. The van der Waals surface area contributed by atoms with Crippen molar-refractivity contribution in [1.29, 1.82) is 0 Å². The predicted octanol–water partition coefficient (Wildman–Crippen LogP) is 2.39. The normalized spacial score (nSPS) is 10.9. The second-order valence-corrected chi connectivity index (χ2v) is 3.93. The lowest BCUT2D eigenvalue weighted by atomic mass is 10.0. The molecule has 2 aromatic rings. The van der Waals surface area contributed by atoms with E-state index in [0.29, 0.717) is 0 Å². The first-order valence-electron chi connectivity index (χ1n) is 4.95. The van der Waals surface area contributed by atoms with Crippen molar-refractivity contribution in [3.63, 3.8) is 0 Å². The fourth-order valence-corrected chi connectivity index (χ4v) is 1.84. The van der Waals surface area contributed by atoms with Gasteiger partial charge in [-0.25, -0.2) is 4.98 Å². The Labute approximate surface area is 88.7 Å². The Bertz CT molecular complexity index is 552. The topological polar surface area (TPSA) is 34.9 Å². The van der Waals surface area contributed by atoms with Crippen molar-refractivity contribution in [1.82, 2.24) is 9.55 Å². The molecule has 1 aromatic heterocycles. The van der Waals surface area contributed by atoms with Crippen molar-refractivity contribution in [3.05, 3.63) is 29.1 Å². The van der Waals surface area contributed by atoms with E-state index in [1.54, 1.807) is 6.92 Å². The number of aromatic nitrogens is 2. The van der Waals surface area contributed by atoms with Gasteiger partial charge in [0.25, 0.3) is 0 Å². The highest BCUT2D eigenvalue weighted by molar-refractivity contribution is 5.98. The molecule has 1 heterocycles. The average molecular weight is 202 g/mol. The summed E-state index contributed by atoms with van der Waals surface area (Å²) in [6.07, 6.45) is 0. The number of carbonyl (C=O) groups excluding carboxylic acids is 1. The number of hydrogen-bond donors (Lipinski definition) is 0. The molecular weight excluding hydrogens is 188 g/mol. The number of hydrogen-bond acceptors (Lipinski definition) is 2. The number of carbonyl (C=O) groups is 1. The summed E-state index contributed by atoms with van der Waals surface area (Å²) in [4.78, 5) is 15.8. The van der Waals surface area contributed by atoms with Crippen molar-refractivity contribution in [3.8, 4) is 0 Å². The highest BCUT2D eigenvalue weighted by Crippen LogP contribution is 2.20. The number of ketones is 1. The molecule has 1 aromatic carbocycles. The van der Waals surface area contributed by atoms with Crippen molar-refractivity contribution in [2.24, 2.45) is 7.05 Å². The molecule has 3 heteroatoms. The molecule has 0 bridgehead atoms. The lowest BCUT2D eigenvalue weighted by Gasteiger charge is -2.02. The van der Waals surface area contributed by atoms with Crippen LogP contribution in [0.25, 0.3) is 11.0 Å². The minimum absolute atomic E-state index is 0.0951. The van der Waals surface area contributed by atoms with Crippen LogP contribution in [-0.4, -0.2) is 15.3 Å². The van der Waals surface area contributed by atoms with Gasteiger partial charge in [-0.15, -0.1) is 0 Å². The fraction of sp³-hybridized carbons (Fsp3) is 0.333. The zero-order valence-corrected chi connectivity index (χ0v) is 9.46. The smallest absolute Gasteiger partial charge is 0.160 e. The summed E-state index contributed by atoms with van der Waals surface area (Å²) in [6, 6.07) is 3.89. The molecule has 0 fully saturated rings. The van der Waals surface area contributed by atoms with E-state index in [0.717, 1.165) is 28.0 Å². The monoisotopic (exact) mass is 202 g/mol. The van der Waals surface area contributed by atoms with E-state index in [9.17, 15) is 4.79 Å². The summed E-state index contributed by atoms with van der Waals surface area (Å²) < 4.78 is 2.03. The molecule has 0 N–H and O–H groups in total. The van der Waals surface area contributed by atoms with Crippen molar-refractivity contribution < 1.29 is 4.79 Å². The number of rotatable bonds is 1. The summed E-state index contributed by atoms with van der Waals surface area (Å²) in [6.45, 7) is 5.51. The van der Waals surface area contributed by atoms with Crippen LogP contribution in [0.2, 0.25) is 0 Å². The van der Waals surface area contributed by atoms with E-state index in [2.05, 4.69) is 4.98 Å². The molecule has 0 amide bonds. The average Bonchev–Trinajstić information content (AvgIpc) is 2.43. The second kappa shape index (κ2) is 3.19. The van der Waals surface area contributed by atoms with Gasteiger partial charge in [0.1, 0.15) is 5.82 Å². The van der Waals surface area contributed by atoms with Crippen molar-refractivity contribution in [2.75, 3.05) is 0 Å². The van der Waals surface area contributed by atoms with Gasteiger partial charge in [0.15, 0.2) is 5.78 Å². The number of benzene rings is 1. The van der Waals surface area contributed by atoms with Crippen molar-refractivity contribution in [2.45, 2.75) is 20.8 Å². The van der Waals surface area contributed by atoms with Crippen LogP contribution < -0.4 is 0 Å². The molecule has 2 rings (SSSR count). The number of aryl methyl sites for hydroxylation is 3. The molecule has 3 nitrogen and oxygen atoms in total. The summed E-state index contributed by atoms with van der Waals surface area (Å²) in [5.74, 6) is 1.06. The fourth-order valence-electron chi connectivity index (χ4n) is 1.84. The summed E-state index contributed by atoms with van der Waals surface area (Å²) in [5.41, 5.74) is 3.75. The zero-order chi connectivity index (χ0) is 11.2. The largest absolute Gasteiger partial charge is 0.331 e. The van der Waals surface area contributed by atoms with Gasteiger partial charge in [-0.1, -0.05) is 0 Å². The Morgan fingerprint density at radius 3 is 2.60 bits per heavy atom. The van der Waals surface area contributed by atoms with Gasteiger partial charge in [-0.3, -0.25) is 4.79 Å². The molecule has 15 heavy (non-hydrogen) atoms. The first kappa shape index (κ1) is 9.90. The summed E-state index contributed by atoms with van der Waals surface area (Å²) in [5, 5.41) is 0. The highest BCUT2D eigenvalue weighted by Gasteiger charge is 2.10. The molecule has 0 saturated carbocycles. The molecule has 78 valence electrons. The molecular formula is C12H14N2O. The van der Waals surface area contributed by atoms with Crippen LogP contribution >= 0.6 is 0 Å². The minimum Gasteiger partial charge on any atom is -0.331 e. The summed E-state index contributed by atoms with van der Waals surface area (Å²) in [7, 11) is 1.98. The molecule has 0 radical (unpaired) electrons. The Morgan fingerprint density at radius 1 is 1.33 bits per heavy atom. The molecule has 0 aliphatic heterocycles. The van der Waals surface area contributed by atoms with Crippen LogP contribution in [0.1, 0.15) is 28.7 Å². The van der Waals surface area contributed by atoms with Gasteiger partial charge in [0.05, 0.1) is 11.0 Å². The Kier molecular flexibility index (Phi) is 2.11. The molecule has 0 atom stereocenters. The third-order valence-electron chi connectivity index (χ3n) is 2.83. The van der Waals surface area contributed by atoms with Crippen LogP contribution in [-0.2, 0) is 7.05 Å². The number of Topliss-reactive ketones (excluding diaryl/α,β-unsaturated/α-hetero) is 1. The third kappa shape index (κ3) is 1.44. The van der Waals surface area contributed by atoms with Gasteiger partial charge in [0.2, 0.25) is 0 Å². The highest BCUT2D eigenvalue weighted by atomic mass is 16.1. The van der Waals surface area contributed by atoms with E-state index in [4.69, 9.17) is 0 Å². The standard InChI is InChI=1S/C12H14N2O/c1-7-5-12-11(6-10(7)8(2)15)13-9(3)14(12)4/h5-6H,1-4H3. The van der Waals surface area contributed by atoms with E-state index in [1.807, 2.05) is 37.6 Å². The first-order valence-corrected chi connectivity index (χ1v) is 4.95. The van der Waals surface area contributed by atoms with Gasteiger partial charge in [-0.05, 0) is 38.5 Å². The van der Waals surface area contributed by atoms with Gasteiger partial charge >= 0.3 is 0 Å². The maximum atomic E-state index is 11.4. The quantitative estimate of drug-likeness (QED) is 0.665. The minimum atomic E-state index is 0.0951. The number of imidazole rings is 1. The Balaban J connectivity index is 2.82. The molecule has 0 aliphatic rings. The molecule has 0 aliphatic carbocycles. The van der Waals surface area contributed by atoms with E-state index >= 15 is 0 Å². The molecule has 0 unspecified atom stereocenters. The lowest BCUT2D eigenvalue weighted by molar-refractivity contribution is 0.101. The molecule has 0 spiro atoms. The Morgan fingerprint density at radius 2 is 2.00 bits per heavy atom. The maximum Gasteiger partial charge on any atom is 0.160 e. The zero-order valence-electron chi connectivity index (χ0n) is 9.46. The predicted molar refractivity (Wildman–Crippen MR) is 60.2 cm³/mol. The number of fused-ring (bicyclic) bond motifs is 1. The second-order valence-electron chi connectivity index (χ2n) is 3.93. The van der Waals surface area contributed by atoms with E-state index < -0.39 is 0 Å². The van der Waals surface area contributed by atoms with Gasteiger partial charge < -0.3 is 4.57 Å². The van der Waals surface area contributed by atoms with Crippen LogP contribution in [0.15, 0.2) is 12.1 Å². The Hall–Kier alpha value is -1.64. The number of nitrogens with zero attached hydrogens (tertiary/aromatic N) is 2. The van der Waals surface area contributed by atoms with Crippen LogP contribution in [0.5, 0.6) is 0 Å². The van der Waals surface area contributed by atoms with Crippen LogP contribution in [0.4, 0.5) is 0 Å². The van der Waals surface area contributed by atoms with E-state index in [-0.39, 0.29) is 5.78 Å². The lowest BCUT2D eigenvalue weighted by Crippen LogP contribution is -1.97. The van der Waals surface area contributed by atoms with Crippen LogP contribution in [0.3, 0.4) is 0 Å². The first-order chi connectivity index (χ1) is 7.00. The SMILES string of the molecule is CC(=O)c1cc2nc(C)n(C)c2cc1C. The van der Waals surface area contributed by atoms with Gasteiger partial charge in [0, 0.05) is 12.6 Å². The third-order valence-corrected chi connectivity index (χ3v) is 2.83. The summed E-state index contributed by atoms with van der Waals surface area (Å²) >= 11 is 0.